The summed E-state index contributed by atoms with van der Waals surface area (Å²) >= 11 is 3.04. The van der Waals surface area contributed by atoms with Gasteiger partial charge in [0.15, 0.2) is 5.60 Å². The van der Waals surface area contributed by atoms with Crippen molar-refractivity contribution in [2.45, 2.75) is 24.0 Å². The number of hydrogen-bond acceptors (Lipinski definition) is 4. The second kappa shape index (κ2) is 8.32. The van der Waals surface area contributed by atoms with Gasteiger partial charge in [-0.3, -0.25) is 9.78 Å². The number of hydrogen-bond donors (Lipinski definition) is 3. The molecule has 2 rings (SSSR count). The van der Waals surface area contributed by atoms with Crippen molar-refractivity contribution in [1.82, 2.24) is 10.3 Å². The van der Waals surface area contributed by atoms with Crippen LogP contribution >= 0.6 is 15.9 Å². The number of aliphatic hydroxyl groups excluding tert-OH is 1. The van der Waals surface area contributed by atoms with Crippen LogP contribution in [0.4, 0.5) is 17.6 Å². The quantitative estimate of drug-likeness (QED) is 0.426. The Labute approximate surface area is 160 Å². The van der Waals surface area contributed by atoms with Crippen molar-refractivity contribution in [3.05, 3.63) is 63.9 Å². The minimum atomic E-state index is -4.16. The molecule has 2 atom stereocenters. The summed E-state index contributed by atoms with van der Waals surface area (Å²) in [5.41, 5.74) is -5.06. The molecule has 146 valence electrons. The Morgan fingerprint density at radius 3 is 2.52 bits per heavy atom. The molecule has 3 N–H and O–H groups in total. The number of benzene rings is 1. The topological polar surface area (TPSA) is 82.5 Å². The molecular formula is C17H15BrF4N2O3. The lowest BCUT2D eigenvalue weighted by Crippen LogP contribution is -2.48. The van der Waals surface area contributed by atoms with Gasteiger partial charge in [0.25, 0.3) is 0 Å². The first-order valence-corrected chi connectivity index (χ1v) is 8.44. The van der Waals surface area contributed by atoms with Crippen molar-refractivity contribution in [3.8, 4) is 0 Å². The van der Waals surface area contributed by atoms with Crippen molar-refractivity contribution in [1.29, 1.82) is 0 Å². The SMILES string of the molecule is O=CNCC(O)CC(O)(c1ccc(F)cc1F)C(F)(F)c1ccc(Br)cn1. The van der Waals surface area contributed by atoms with Crippen molar-refractivity contribution in [2.24, 2.45) is 0 Å². The summed E-state index contributed by atoms with van der Waals surface area (Å²) < 4.78 is 58.2. The molecule has 0 fully saturated rings. The van der Waals surface area contributed by atoms with Gasteiger partial charge in [-0.25, -0.2) is 8.78 Å². The van der Waals surface area contributed by atoms with Crippen molar-refractivity contribution in [3.63, 3.8) is 0 Å². The van der Waals surface area contributed by atoms with Crippen LogP contribution in [0.1, 0.15) is 17.7 Å². The lowest BCUT2D eigenvalue weighted by atomic mass is 9.80. The van der Waals surface area contributed by atoms with Crippen molar-refractivity contribution in [2.75, 3.05) is 6.54 Å². The molecule has 0 saturated heterocycles. The molecule has 0 aliphatic carbocycles. The number of carbonyl (C=O) groups is 1. The number of halogens is 5. The van der Waals surface area contributed by atoms with E-state index < -0.39 is 53.5 Å². The fourth-order valence-corrected chi connectivity index (χ4v) is 2.84. The number of amides is 1. The molecule has 1 amide bonds. The van der Waals surface area contributed by atoms with E-state index in [9.17, 15) is 23.8 Å². The normalized spacial score (nSPS) is 15.1. The average molecular weight is 451 g/mol. The molecule has 0 aliphatic heterocycles. The Bertz CT molecular complexity index is 807. The largest absolute Gasteiger partial charge is 0.391 e. The number of alkyl halides is 2. The summed E-state index contributed by atoms with van der Waals surface area (Å²) in [7, 11) is 0. The van der Waals surface area contributed by atoms with Gasteiger partial charge in [-0.05, 0) is 34.1 Å². The Morgan fingerprint density at radius 1 is 1.26 bits per heavy atom. The van der Waals surface area contributed by atoms with Gasteiger partial charge in [-0.1, -0.05) is 6.07 Å². The monoisotopic (exact) mass is 450 g/mol. The van der Waals surface area contributed by atoms with Gasteiger partial charge in [0.05, 0.1) is 6.10 Å². The van der Waals surface area contributed by atoms with E-state index in [2.05, 4.69) is 26.2 Å². The maximum Gasteiger partial charge on any atom is 0.321 e. The van der Waals surface area contributed by atoms with Crippen LogP contribution in [0.2, 0.25) is 0 Å². The molecule has 0 saturated carbocycles. The molecular weight excluding hydrogens is 436 g/mol. The molecule has 1 heterocycles. The van der Waals surface area contributed by atoms with E-state index in [0.717, 1.165) is 12.3 Å². The number of carbonyl (C=O) groups excluding carboxylic acids is 1. The summed E-state index contributed by atoms with van der Waals surface area (Å²) in [5.74, 6) is -6.59. The molecule has 1 aromatic carbocycles. The Balaban J connectivity index is 2.57. The summed E-state index contributed by atoms with van der Waals surface area (Å²) in [4.78, 5) is 13.9. The molecule has 10 heteroatoms. The third kappa shape index (κ3) is 4.45. The molecule has 27 heavy (non-hydrogen) atoms. The summed E-state index contributed by atoms with van der Waals surface area (Å²) in [6.07, 6.45) is -1.41. The van der Waals surface area contributed by atoms with Crippen molar-refractivity contribution >= 4 is 22.3 Å². The first-order valence-electron chi connectivity index (χ1n) is 7.64. The lowest BCUT2D eigenvalue weighted by Gasteiger charge is -2.37. The molecule has 0 spiro atoms. The lowest BCUT2D eigenvalue weighted by molar-refractivity contribution is -0.212. The van der Waals surface area contributed by atoms with E-state index in [1.54, 1.807) is 0 Å². The highest BCUT2D eigenvalue weighted by molar-refractivity contribution is 9.10. The summed E-state index contributed by atoms with van der Waals surface area (Å²) in [6.45, 7) is -0.460. The fraction of sp³-hybridized carbons (Fsp3) is 0.294. The van der Waals surface area contributed by atoms with Gasteiger partial charge < -0.3 is 15.5 Å². The van der Waals surface area contributed by atoms with Crippen LogP contribution in [0.5, 0.6) is 0 Å². The molecule has 2 unspecified atom stereocenters. The number of nitrogens with one attached hydrogen (secondary N) is 1. The first kappa shape index (κ1) is 21.3. The highest BCUT2D eigenvalue weighted by atomic mass is 79.9. The fourth-order valence-electron chi connectivity index (χ4n) is 2.60. The second-order valence-electron chi connectivity index (χ2n) is 5.80. The van der Waals surface area contributed by atoms with E-state index in [1.165, 1.54) is 6.07 Å². The predicted molar refractivity (Wildman–Crippen MR) is 90.8 cm³/mol. The molecule has 5 nitrogen and oxygen atoms in total. The van der Waals surface area contributed by atoms with Gasteiger partial charge in [-0.15, -0.1) is 0 Å². The number of pyridine rings is 1. The van der Waals surface area contributed by atoms with Crippen LogP contribution in [-0.2, 0) is 16.3 Å². The van der Waals surface area contributed by atoms with Crippen LogP contribution in [-0.4, -0.2) is 34.3 Å². The maximum atomic E-state index is 15.2. The number of nitrogens with zero attached hydrogens (tertiary/aromatic N) is 1. The van der Waals surface area contributed by atoms with Crippen LogP contribution < -0.4 is 5.32 Å². The standard InChI is InChI=1S/C17H15BrF4N2O3/c18-10-1-4-15(24-7-10)17(21,22)16(27,6-12(26)8-23-9-25)13-3-2-11(19)5-14(13)20/h1-5,7,9,12,26-27H,6,8H2,(H,23,25). The van der Waals surface area contributed by atoms with Gasteiger partial charge in [0.2, 0.25) is 6.41 Å². The van der Waals surface area contributed by atoms with E-state index in [4.69, 9.17) is 0 Å². The Hall–Kier alpha value is -2.04. The molecule has 0 bridgehead atoms. The zero-order chi connectivity index (χ0) is 20.2. The molecule has 0 aliphatic rings. The molecule has 0 radical (unpaired) electrons. The Morgan fingerprint density at radius 2 is 1.96 bits per heavy atom. The first-order chi connectivity index (χ1) is 12.6. The van der Waals surface area contributed by atoms with E-state index in [0.29, 0.717) is 22.7 Å². The third-order valence-electron chi connectivity index (χ3n) is 3.91. The van der Waals surface area contributed by atoms with Gasteiger partial charge in [0.1, 0.15) is 17.3 Å². The molecule has 2 aromatic rings. The summed E-state index contributed by atoms with van der Waals surface area (Å²) in [5, 5.41) is 22.9. The third-order valence-corrected chi connectivity index (χ3v) is 4.38. The Kier molecular flexibility index (Phi) is 6.55. The van der Waals surface area contributed by atoms with Crippen LogP contribution in [0.3, 0.4) is 0 Å². The number of rotatable bonds is 8. The highest BCUT2D eigenvalue weighted by Gasteiger charge is 2.57. The van der Waals surface area contributed by atoms with Gasteiger partial charge in [0, 0.05) is 35.3 Å². The van der Waals surface area contributed by atoms with Gasteiger partial charge >= 0.3 is 5.92 Å². The molecule has 1 aromatic heterocycles. The van der Waals surface area contributed by atoms with Crippen LogP contribution in [0.25, 0.3) is 0 Å². The summed E-state index contributed by atoms with van der Waals surface area (Å²) in [6, 6.07) is 3.91. The zero-order valence-corrected chi connectivity index (χ0v) is 15.3. The zero-order valence-electron chi connectivity index (χ0n) is 13.7. The smallest absolute Gasteiger partial charge is 0.321 e. The van der Waals surface area contributed by atoms with Crippen molar-refractivity contribution < 1.29 is 32.6 Å². The number of aromatic nitrogens is 1. The predicted octanol–water partition coefficient (Wildman–Crippen LogP) is 2.60. The minimum absolute atomic E-state index is 0.231. The van der Waals surface area contributed by atoms with Crippen LogP contribution in [0, 0.1) is 11.6 Å². The van der Waals surface area contributed by atoms with Gasteiger partial charge in [-0.2, -0.15) is 8.78 Å². The highest BCUT2D eigenvalue weighted by Crippen LogP contribution is 2.48. The average Bonchev–Trinajstić information content (AvgIpc) is 2.60. The van der Waals surface area contributed by atoms with E-state index in [-0.39, 0.29) is 6.41 Å². The minimum Gasteiger partial charge on any atom is -0.391 e. The van der Waals surface area contributed by atoms with E-state index in [1.807, 2.05) is 0 Å². The van der Waals surface area contributed by atoms with E-state index >= 15 is 8.78 Å². The second-order valence-corrected chi connectivity index (χ2v) is 6.72. The number of aliphatic hydroxyl groups is 2. The van der Waals surface area contributed by atoms with Crippen LogP contribution in [0.15, 0.2) is 41.0 Å². The maximum absolute atomic E-state index is 15.2.